The van der Waals surface area contributed by atoms with E-state index in [0.29, 0.717) is 6.42 Å². The number of hydrogen-bond acceptors (Lipinski definition) is 1. The molecule has 3 heteroatoms. The SMILES string of the molecule is Cc1ccc(C(O)Cc2ccc(F)c(Cl)c2)cc1C. The van der Waals surface area contributed by atoms with Gasteiger partial charge >= 0.3 is 0 Å². The lowest BCUT2D eigenvalue weighted by Gasteiger charge is -2.13. The molecule has 2 aromatic carbocycles. The summed E-state index contributed by atoms with van der Waals surface area (Å²) in [6.07, 6.45) is -0.191. The first-order valence-electron chi connectivity index (χ1n) is 6.16. The van der Waals surface area contributed by atoms with Crippen LogP contribution in [-0.4, -0.2) is 5.11 Å². The lowest BCUT2D eigenvalue weighted by atomic mass is 9.98. The van der Waals surface area contributed by atoms with Crippen LogP contribution in [0.1, 0.15) is 28.4 Å². The van der Waals surface area contributed by atoms with E-state index in [0.717, 1.165) is 16.7 Å². The molecule has 2 rings (SSSR count). The van der Waals surface area contributed by atoms with Gasteiger partial charge in [0.1, 0.15) is 5.82 Å². The first-order chi connectivity index (χ1) is 8.97. The van der Waals surface area contributed by atoms with E-state index in [-0.39, 0.29) is 5.02 Å². The van der Waals surface area contributed by atoms with E-state index in [1.165, 1.54) is 11.6 Å². The van der Waals surface area contributed by atoms with E-state index < -0.39 is 11.9 Å². The molecule has 0 aliphatic carbocycles. The highest BCUT2D eigenvalue weighted by Crippen LogP contribution is 2.23. The Labute approximate surface area is 117 Å². The largest absolute Gasteiger partial charge is 0.388 e. The van der Waals surface area contributed by atoms with Crippen LogP contribution in [0.4, 0.5) is 4.39 Å². The van der Waals surface area contributed by atoms with Crippen molar-refractivity contribution < 1.29 is 9.50 Å². The van der Waals surface area contributed by atoms with Gasteiger partial charge in [0.05, 0.1) is 11.1 Å². The molecule has 0 heterocycles. The van der Waals surface area contributed by atoms with E-state index >= 15 is 0 Å². The zero-order valence-electron chi connectivity index (χ0n) is 11.0. The number of aliphatic hydroxyl groups is 1. The standard InChI is InChI=1S/C16H16ClFO/c1-10-3-5-13(7-11(10)2)16(19)9-12-4-6-15(18)14(17)8-12/h3-8,16,19H,9H2,1-2H3. The van der Waals surface area contributed by atoms with Crippen LogP contribution in [0.2, 0.25) is 5.02 Å². The molecule has 0 aromatic heterocycles. The normalized spacial score (nSPS) is 12.5. The Morgan fingerprint density at radius 3 is 2.47 bits per heavy atom. The molecule has 0 amide bonds. The lowest BCUT2D eigenvalue weighted by molar-refractivity contribution is 0.178. The van der Waals surface area contributed by atoms with Crippen molar-refractivity contribution in [2.24, 2.45) is 0 Å². The monoisotopic (exact) mass is 278 g/mol. The summed E-state index contributed by atoms with van der Waals surface area (Å²) in [6, 6.07) is 10.4. The number of rotatable bonds is 3. The van der Waals surface area contributed by atoms with Crippen LogP contribution in [0.3, 0.4) is 0 Å². The highest BCUT2D eigenvalue weighted by Gasteiger charge is 2.10. The molecule has 0 bridgehead atoms. The molecule has 1 nitrogen and oxygen atoms in total. The second-order valence-corrected chi connectivity index (χ2v) is 5.22. The quantitative estimate of drug-likeness (QED) is 0.884. The van der Waals surface area contributed by atoms with Gasteiger partial charge in [-0.25, -0.2) is 4.39 Å². The van der Waals surface area contributed by atoms with Crippen LogP contribution >= 0.6 is 11.6 Å². The van der Waals surface area contributed by atoms with Gasteiger partial charge in [-0.2, -0.15) is 0 Å². The van der Waals surface area contributed by atoms with E-state index in [1.807, 2.05) is 32.0 Å². The minimum atomic E-state index is -0.610. The van der Waals surface area contributed by atoms with Gasteiger partial charge in [-0.3, -0.25) is 0 Å². The maximum atomic E-state index is 13.1. The lowest BCUT2D eigenvalue weighted by Crippen LogP contribution is -2.02. The summed E-state index contributed by atoms with van der Waals surface area (Å²) in [6.45, 7) is 4.05. The van der Waals surface area contributed by atoms with Crippen molar-refractivity contribution in [3.05, 3.63) is 69.5 Å². The molecule has 100 valence electrons. The fourth-order valence-electron chi connectivity index (χ4n) is 1.98. The molecule has 2 aromatic rings. The van der Waals surface area contributed by atoms with Gasteiger partial charge in [-0.1, -0.05) is 35.9 Å². The minimum absolute atomic E-state index is 0.0878. The van der Waals surface area contributed by atoms with Gasteiger partial charge in [0.2, 0.25) is 0 Å². The molecule has 0 aliphatic heterocycles. The molecule has 1 unspecified atom stereocenters. The van der Waals surface area contributed by atoms with Gasteiger partial charge in [-0.05, 0) is 48.2 Å². The number of halogens is 2. The second kappa shape index (κ2) is 5.72. The molecule has 1 atom stereocenters. The molecule has 1 N–H and O–H groups in total. The van der Waals surface area contributed by atoms with Gasteiger partial charge in [0.15, 0.2) is 0 Å². The van der Waals surface area contributed by atoms with Crippen molar-refractivity contribution in [2.75, 3.05) is 0 Å². The maximum Gasteiger partial charge on any atom is 0.141 e. The highest BCUT2D eigenvalue weighted by atomic mass is 35.5. The summed E-state index contributed by atoms with van der Waals surface area (Å²) in [5.41, 5.74) is 4.02. The van der Waals surface area contributed by atoms with Gasteiger partial charge in [0.25, 0.3) is 0 Å². The topological polar surface area (TPSA) is 20.2 Å². The highest BCUT2D eigenvalue weighted by molar-refractivity contribution is 6.30. The Kier molecular flexibility index (Phi) is 4.23. The van der Waals surface area contributed by atoms with Crippen molar-refractivity contribution in [3.63, 3.8) is 0 Å². The number of hydrogen-bond donors (Lipinski definition) is 1. The number of aliphatic hydroxyl groups excluding tert-OH is 1. The van der Waals surface area contributed by atoms with E-state index in [4.69, 9.17) is 11.6 Å². The Morgan fingerprint density at radius 2 is 1.84 bits per heavy atom. The van der Waals surface area contributed by atoms with Crippen molar-refractivity contribution in [3.8, 4) is 0 Å². The zero-order valence-corrected chi connectivity index (χ0v) is 11.7. The Bertz CT molecular complexity index is 595. The van der Waals surface area contributed by atoms with Crippen LogP contribution in [-0.2, 0) is 6.42 Å². The molecule has 0 aliphatic rings. The first kappa shape index (κ1) is 14.0. The van der Waals surface area contributed by atoms with Crippen LogP contribution in [0.15, 0.2) is 36.4 Å². The Hall–Kier alpha value is -1.38. The molecule has 0 spiro atoms. The smallest absolute Gasteiger partial charge is 0.141 e. The minimum Gasteiger partial charge on any atom is -0.388 e. The molecule has 0 radical (unpaired) electrons. The first-order valence-corrected chi connectivity index (χ1v) is 6.54. The van der Waals surface area contributed by atoms with Crippen LogP contribution in [0.5, 0.6) is 0 Å². The fourth-order valence-corrected chi connectivity index (χ4v) is 2.18. The second-order valence-electron chi connectivity index (χ2n) is 4.81. The number of benzene rings is 2. The number of aryl methyl sites for hydroxylation is 2. The third kappa shape index (κ3) is 3.34. The van der Waals surface area contributed by atoms with Gasteiger partial charge in [-0.15, -0.1) is 0 Å². The van der Waals surface area contributed by atoms with Crippen molar-refractivity contribution in [2.45, 2.75) is 26.4 Å². The summed E-state index contributed by atoms with van der Waals surface area (Å²) >= 11 is 5.73. The van der Waals surface area contributed by atoms with Crippen LogP contribution in [0, 0.1) is 19.7 Å². The van der Waals surface area contributed by atoms with Gasteiger partial charge in [0, 0.05) is 6.42 Å². The molecule has 0 fully saturated rings. The average molecular weight is 279 g/mol. The Morgan fingerprint density at radius 1 is 1.11 bits per heavy atom. The van der Waals surface area contributed by atoms with Crippen LogP contribution in [0.25, 0.3) is 0 Å². The van der Waals surface area contributed by atoms with E-state index in [1.54, 1.807) is 12.1 Å². The van der Waals surface area contributed by atoms with Crippen molar-refractivity contribution >= 4 is 11.6 Å². The molecular formula is C16H16ClFO. The maximum absolute atomic E-state index is 13.1. The molecule has 19 heavy (non-hydrogen) atoms. The summed E-state index contributed by atoms with van der Waals surface area (Å²) in [5, 5.41) is 10.3. The summed E-state index contributed by atoms with van der Waals surface area (Å²) in [5.74, 6) is -0.439. The summed E-state index contributed by atoms with van der Waals surface area (Å²) in [7, 11) is 0. The van der Waals surface area contributed by atoms with Gasteiger partial charge < -0.3 is 5.11 Å². The predicted octanol–water partition coefficient (Wildman–Crippen LogP) is 4.37. The summed E-state index contributed by atoms with van der Waals surface area (Å²) < 4.78 is 13.1. The average Bonchev–Trinajstić information content (AvgIpc) is 2.37. The fraction of sp³-hybridized carbons (Fsp3) is 0.250. The molecule has 0 saturated heterocycles. The Balaban J connectivity index is 2.17. The predicted molar refractivity (Wildman–Crippen MR) is 76.0 cm³/mol. The van der Waals surface area contributed by atoms with Crippen molar-refractivity contribution in [1.82, 2.24) is 0 Å². The third-order valence-electron chi connectivity index (χ3n) is 3.33. The van der Waals surface area contributed by atoms with Crippen LogP contribution < -0.4 is 0 Å². The van der Waals surface area contributed by atoms with E-state index in [2.05, 4.69) is 0 Å². The van der Waals surface area contributed by atoms with Crippen molar-refractivity contribution in [1.29, 1.82) is 0 Å². The molecule has 0 saturated carbocycles. The molecular weight excluding hydrogens is 263 g/mol. The zero-order chi connectivity index (χ0) is 14.0. The van der Waals surface area contributed by atoms with E-state index in [9.17, 15) is 9.50 Å². The third-order valence-corrected chi connectivity index (χ3v) is 3.62. The summed E-state index contributed by atoms with van der Waals surface area (Å²) in [4.78, 5) is 0.